The summed E-state index contributed by atoms with van der Waals surface area (Å²) in [6, 6.07) is 1.72. The van der Waals surface area contributed by atoms with Gasteiger partial charge in [-0.05, 0) is 32.0 Å². The molecule has 1 aliphatic rings. The molecule has 106 valence electrons. The largest absolute Gasteiger partial charge is 0.442 e. The predicted octanol–water partition coefficient (Wildman–Crippen LogP) is 0.779. The van der Waals surface area contributed by atoms with Gasteiger partial charge < -0.3 is 4.90 Å². The van der Waals surface area contributed by atoms with Crippen LogP contribution in [0.5, 0.6) is 0 Å². The van der Waals surface area contributed by atoms with Crippen LogP contribution in [0.3, 0.4) is 0 Å². The van der Waals surface area contributed by atoms with Crippen LogP contribution in [0.25, 0.3) is 11.6 Å². The summed E-state index contributed by atoms with van der Waals surface area (Å²) in [5.41, 5.74) is 0. The summed E-state index contributed by atoms with van der Waals surface area (Å²) in [4.78, 5) is 22.3. The minimum Gasteiger partial charge on any atom is -0.302 e. The van der Waals surface area contributed by atoms with Gasteiger partial charge in [0.25, 0.3) is 0 Å². The number of rotatable bonds is 4. The Kier molecular flexibility index (Phi) is 3.87. The summed E-state index contributed by atoms with van der Waals surface area (Å²) in [5, 5.41) is 3.78. The minimum atomic E-state index is -0.454. The zero-order valence-corrected chi connectivity index (χ0v) is 11.2. The zero-order chi connectivity index (χ0) is 13.8. The van der Waals surface area contributed by atoms with E-state index in [1.54, 1.807) is 18.5 Å². The maximum Gasteiger partial charge on any atom is 0.442 e. The lowest BCUT2D eigenvalue weighted by Crippen LogP contribution is -2.34. The summed E-state index contributed by atoms with van der Waals surface area (Å²) < 4.78 is 6.25. The zero-order valence-electron chi connectivity index (χ0n) is 11.2. The van der Waals surface area contributed by atoms with Crippen LogP contribution < -0.4 is 5.76 Å². The minimum absolute atomic E-state index is 0.396. The van der Waals surface area contributed by atoms with E-state index in [0.717, 1.165) is 19.6 Å². The first-order valence-electron chi connectivity index (χ1n) is 6.91. The van der Waals surface area contributed by atoms with Crippen molar-refractivity contribution in [2.45, 2.75) is 25.8 Å². The lowest BCUT2D eigenvalue weighted by molar-refractivity contribution is 0.219. The maximum atomic E-state index is 11.7. The van der Waals surface area contributed by atoms with Crippen molar-refractivity contribution >= 4 is 0 Å². The van der Waals surface area contributed by atoms with Crippen molar-refractivity contribution in [3.63, 3.8) is 0 Å². The lowest BCUT2D eigenvalue weighted by atomic mass is 10.1. The Morgan fingerprint density at radius 2 is 1.85 bits per heavy atom. The van der Waals surface area contributed by atoms with Gasteiger partial charge in [-0.3, -0.25) is 9.09 Å². The van der Waals surface area contributed by atoms with E-state index in [4.69, 9.17) is 4.52 Å². The number of hydrogen-bond acceptors (Lipinski definition) is 6. The quantitative estimate of drug-likeness (QED) is 0.820. The fourth-order valence-corrected chi connectivity index (χ4v) is 2.47. The highest BCUT2D eigenvalue weighted by atomic mass is 16.5. The Morgan fingerprint density at radius 1 is 1.10 bits per heavy atom. The van der Waals surface area contributed by atoms with Gasteiger partial charge in [-0.1, -0.05) is 11.6 Å². The van der Waals surface area contributed by atoms with E-state index in [9.17, 15) is 4.79 Å². The van der Waals surface area contributed by atoms with E-state index in [0.29, 0.717) is 18.2 Å². The second kappa shape index (κ2) is 5.96. The van der Waals surface area contributed by atoms with Crippen LogP contribution in [0.1, 0.15) is 19.3 Å². The van der Waals surface area contributed by atoms with Gasteiger partial charge in [0.2, 0.25) is 5.82 Å². The Morgan fingerprint density at radius 3 is 2.60 bits per heavy atom. The van der Waals surface area contributed by atoms with Gasteiger partial charge in [-0.15, -0.1) is 0 Å². The molecule has 0 unspecified atom stereocenters. The maximum absolute atomic E-state index is 11.7. The van der Waals surface area contributed by atoms with Gasteiger partial charge in [0.15, 0.2) is 5.82 Å². The topological polar surface area (TPSA) is 77.0 Å². The molecule has 3 heterocycles. The molecule has 0 N–H and O–H groups in total. The van der Waals surface area contributed by atoms with Gasteiger partial charge in [0, 0.05) is 25.5 Å². The van der Waals surface area contributed by atoms with Crippen molar-refractivity contribution in [3.05, 3.63) is 29.0 Å². The molecule has 2 aromatic heterocycles. The van der Waals surface area contributed by atoms with E-state index in [2.05, 4.69) is 20.0 Å². The van der Waals surface area contributed by atoms with Crippen LogP contribution >= 0.6 is 0 Å². The summed E-state index contributed by atoms with van der Waals surface area (Å²) in [7, 11) is 0. The van der Waals surface area contributed by atoms with Crippen molar-refractivity contribution in [3.8, 4) is 11.6 Å². The standard InChI is InChI=1S/C13H17N5O2/c19-13-18(10-9-17-7-2-1-3-8-17)12(16-20-13)11-14-5-4-6-15-11/h4-6H,1-3,7-10H2. The number of hydrogen-bond donors (Lipinski definition) is 0. The third-order valence-electron chi connectivity index (χ3n) is 3.54. The van der Waals surface area contributed by atoms with Gasteiger partial charge in [-0.2, -0.15) is 0 Å². The van der Waals surface area contributed by atoms with Crippen LogP contribution in [-0.4, -0.2) is 44.2 Å². The van der Waals surface area contributed by atoms with Crippen LogP contribution in [0, 0.1) is 0 Å². The van der Waals surface area contributed by atoms with Crippen molar-refractivity contribution in [2.24, 2.45) is 0 Å². The van der Waals surface area contributed by atoms with Gasteiger partial charge in [0.1, 0.15) is 0 Å². The summed E-state index contributed by atoms with van der Waals surface area (Å²) in [6.45, 7) is 3.56. The third-order valence-corrected chi connectivity index (χ3v) is 3.54. The molecule has 0 saturated carbocycles. The molecule has 0 atom stereocenters. The number of likely N-dealkylation sites (tertiary alicyclic amines) is 1. The number of aromatic nitrogens is 4. The average Bonchev–Trinajstić information content (AvgIpc) is 2.88. The van der Waals surface area contributed by atoms with Crippen molar-refractivity contribution in [1.29, 1.82) is 0 Å². The molecule has 0 aromatic carbocycles. The monoisotopic (exact) mass is 275 g/mol. The smallest absolute Gasteiger partial charge is 0.302 e. The molecular formula is C13H17N5O2. The number of nitrogens with zero attached hydrogens (tertiary/aromatic N) is 5. The second-order valence-electron chi connectivity index (χ2n) is 4.90. The average molecular weight is 275 g/mol. The third kappa shape index (κ3) is 2.77. The SMILES string of the molecule is O=c1onc(-c2ncccn2)n1CCN1CCCCC1. The van der Waals surface area contributed by atoms with Gasteiger partial charge in [0.05, 0.1) is 0 Å². The van der Waals surface area contributed by atoms with E-state index < -0.39 is 5.76 Å². The molecule has 3 rings (SSSR count). The molecule has 0 spiro atoms. The second-order valence-corrected chi connectivity index (χ2v) is 4.90. The van der Waals surface area contributed by atoms with Crippen LogP contribution in [0.2, 0.25) is 0 Å². The first-order valence-corrected chi connectivity index (χ1v) is 6.91. The molecule has 1 fully saturated rings. The van der Waals surface area contributed by atoms with Crippen LogP contribution in [0.4, 0.5) is 0 Å². The van der Waals surface area contributed by atoms with E-state index in [1.807, 2.05) is 0 Å². The fourth-order valence-electron chi connectivity index (χ4n) is 2.47. The molecule has 0 bridgehead atoms. The van der Waals surface area contributed by atoms with E-state index in [1.165, 1.54) is 23.8 Å². The van der Waals surface area contributed by atoms with Gasteiger partial charge in [-0.25, -0.2) is 14.8 Å². The Balaban J connectivity index is 1.76. The molecule has 7 heteroatoms. The predicted molar refractivity (Wildman–Crippen MR) is 72.1 cm³/mol. The van der Waals surface area contributed by atoms with Crippen LogP contribution in [-0.2, 0) is 6.54 Å². The normalized spacial score (nSPS) is 16.4. The molecule has 0 amide bonds. The highest BCUT2D eigenvalue weighted by Crippen LogP contribution is 2.11. The fraction of sp³-hybridized carbons (Fsp3) is 0.538. The molecule has 0 aliphatic carbocycles. The molecule has 1 saturated heterocycles. The molecule has 7 nitrogen and oxygen atoms in total. The van der Waals surface area contributed by atoms with E-state index >= 15 is 0 Å². The lowest BCUT2D eigenvalue weighted by Gasteiger charge is -2.26. The summed E-state index contributed by atoms with van der Waals surface area (Å²) >= 11 is 0. The number of piperidine rings is 1. The van der Waals surface area contributed by atoms with Crippen molar-refractivity contribution in [2.75, 3.05) is 19.6 Å². The Bertz CT molecular complexity index is 601. The first kappa shape index (κ1) is 13.0. The highest BCUT2D eigenvalue weighted by molar-refractivity contribution is 5.41. The van der Waals surface area contributed by atoms with Crippen molar-refractivity contribution in [1.82, 2.24) is 24.6 Å². The van der Waals surface area contributed by atoms with E-state index in [-0.39, 0.29) is 0 Å². The molecule has 0 radical (unpaired) electrons. The molecular weight excluding hydrogens is 258 g/mol. The van der Waals surface area contributed by atoms with Crippen LogP contribution in [0.15, 0.2) is 27.8 Å². The molecule has 1 aliphatic heterocycles. The Hall–Kier alpha value is -2.02. The first-order chi connectivity index (χ1) is 9.84. The molecule has 2 aromatic rings. The van der Waals surface area contributed by atoms with Gasteiger partial charge >= 0.3 is 5.76 Å². The highest BCUT2D eigenvalue weighted by Gasteiger charge is 2.16. The Labute approximate surface area is 116 Å². The molecule has 20 heavy (non-hydrogen) atoms. The van der Waals surface area contributed by atoms with Crippen molar-refractivity contribution < 1.29 is 4.52 Å². The summed E-state index contributed by atoms with van der Waals surface area (Å²) in [5.74, 6) is 0.356. The summed E-state index contributed by atoms with van der Waals surface area (Å²) in [6.07, 6.45) is 7.00.